The molecule has 0 aromatic heterocycles. The Hall–Kier alpha value is -3.96. The number of likely N-dealkylation sites (tertiary alicyclic amines) is 2. The van der Waals surface area contributed by atoms with E-state index in [1.807, 2.05) is 6.07 Å². The SMILES string of the molecule is CN(C(=O)[C@H]1CCN(C(=O)C(F)(F)F)C1)[C@@H](CC1CC1)C(=O)N1C[C@@]2(C[C@H]1C#N)Oc1cc(F)cc(F)c1NC2=O. The number of ether oxygens (including phenoxy) is 1. The van der Waals surface area contributed by atoms with Crippen LogP contribution in [0.4, 0.5) is 27.6 Å². The molecule has 2 saturated heterocycles. The van der Waals surface area contributed by atoms with Gasteiger partial charge in [-0.3, -0.25) is 19.2 Å². The quantitative estimate of drug-likeness (QED) is 0.531. The topological polar surface area (TPSA) is 123 Å². The highest BCUT2D eigenvalue weighted by atomic mass is 19.4. The molecule has 3 aliphatic heterocycles. The van der Waals surface area contributed by atoms with Gasteiger partial charge in [-0.1, -0.05) is 12.8 Å². The maximum Gasteiger partial charge on any atom is 0.471 e. The molecule has 4 aliphatic rings. The second-order valence-electron chi connectivity index (χ2n) is 11.0. The minimum atomic E-state index is -5.07. The van der Waals surface area contributed by atoms with Crippen molar-refractivity contribution in [2.24, 2.45) is 11.8 Å². The molecule has 1 N–H and O–H groups in total. The Balaban J connectivity index is 1.35. The maximum atomic E-state index is 14.2. The Morgan fingerprint density at radius 3 is 2.59 bits per heavy atom. The van der Waals surface area contributed by atoms with Gasteiger partial charge in [0.1, 0.15) is 23.6 Å². The summed E-state index contributed by atoms with van der Waals surface area (Å²) < 4.78 is 72.5. The van der Waals surface area contributed by atoms with Crippen LogP contribution in [0.1, 0.15) is 32.1 Å². The van der Waals surface area contributed by atoms with Crippen LogP contribution in [-0.2, 0) is 19.2 Å². The molecule has 0 radical (unpaired) electrons. The monoisotopic (exact) mass is 583 g/mol. The maximum absolute atomic E-state index is 14.2. The molecule has 220 valence electrons. The van der Waals surface area contributed by atoms with Gasteiger partial charge in [-0.2, -0.15) is 18.4 Å². The van der Waals surface area contributed by atoms with Crippen molar-refractivity contribution in [3.05, 3.63) is 23.8 Å². The molecule has 10 nitrogen and oxygen atoms in total. The van der Waals surface area contributed by atoms with Crippen LogP contribution in [0.5, 0.6) is 5.75 Å². The van der Waals surface area contributed by atoms with Crippen molar-refractivity contribution >= 4 is 29.3 Å². The average molecular weight is 584 g/mol. The van der Waals surface area contributed by atoms with Gasteiger partial charge in [0.15, 0.2) is 11.6 Å². The molecule has 3 heterocycles. The first-order chi connectivity index (χ1) is 19.2. The first kappa shape index (κ1) is 28.6. The second-order valence-corrected chi connectivity index (χ2v) is 11.0. The molecule has 0 bridgehead atoms. The number of carbonyl (C=O) groups excluding carboxylic acids is 4. The van der Waals surface area contributed by atoms with E-state index in [4.69, 9.17) is 4.74 Å². The summed E-state index contributed by atoms with van der Waals surface area (Å²) >= 11 is 0. The number of amides is 4. The van der Waals surface area contributed by atoms with Crippen LogP contribution in [0.2, 0.25) is 0 Å². The lowest BCUT2D eigenvalue weighted by molar-refractivity contribution is -0.184. The van der Waals surface area contributed by atoms with Crippen LogP contribution in [0.25, 0.3) is 0 Å². The number of benzene rings is 1. The lowest BCUT2D eigenvalue weighted by Crippen LogP contribution is -2.56. The number of hydrogen-bond donors (Lipinski definition) is 1. The first-order valence-electron chi connectivity index (χ1n) is 13.1. The highest BCUT2D eigenvalue weighted by Crippen LogP contribution is 2.43. The molecular formula is C26H26F5N5O5. The zero-order chi connectivity index (χ0) is 29.9. The summed E-state index contributed by atoms with van der Waals surface area (Å²) in [5.74, 6) is -7.29. The van der Waals surface area contributed by atoms with Crippen LogP contribution in [0, 0.1) is 34.8 Å². The predicted octanol–water partition coefficient (Wildman–Crippen LogP) is 2.20. The van der Waals surface area contributed by atoms with Crippen molar-refractivity contribution < 1.29 is 45.9 Å². The number of carbonyl (C=O) groups is 4. The summed E-state index contributed by atoms with van der Waals surface area (Å²) in [6.07, 6.45) is -3.56. The van der Waals surface area contributed by atoms with Gasteiger partial charge in [0, 0.05) is 38.7 Å². The van der Waals surface area contributed by atoms with Crippen LogP contribution in [0.3, 0.4) is 0 Å². The minimum absolute atomic E-state index is 0.0104. The smallest absolute Gasteiger partial charge is 0.471 e. The van der Waals surface area contributed by atoms with E-state index in [1.54, 1.807) is 0 Å². The summed E-state index contributed by atoms with van der Waals surface area (Å²) in [4.78, 5) is 54.7. The van der Waals surface area contributed by atoms with E-state index in [0.29, 0.717) is 11.0 Å². The number of nitrogens with one attached hydrogen (secondary N) is 1. The molecule has 15 heteroatoms. The summed E-state index contributed by atoms with van der Waals surface area (Å²) in [7, 11) is 1.35. The molecule has 41 heavy (non-hydrogen) atoms. The molecule has 4 atom stereocenters. The zero-order valence-electron chi connectivity index (χ0n) is 21.8. The summed E-state index contributed by atoms with van der Waals surface area (Å²) in [6, 6.07) is 1.13. The van der Waals surface area contributed by atoms with Gasteiger partial charge in [-0.15, -0.1) is 0 Å². The number of fused-ring (bicyclic) bond motifs is 1. The van der Waals surface area contributed by atoms with Crippen LogP contribution in [0.15, 0.2) is 12.1 Å². The Morgan fingerprint density at radius 1 is 1.24 bits per heavy atom. The zero-order valence-corrected chi connectivity index (χ0v) is 21.8. The lowest BCUT2D eigenvalue weighted by atomic mass is 9.97. The molecule has 1 aliphatic carbocycles. The Morgan fingerprint density at radius 2 is 1.95 bits per heavy atom. The molecule has 1 aromatic rings. The fourth-order valence-corrected chi connectivity index (χ4v) is 5.75. The molecule has 1 spiro atoms. The van der Waals surface area contributed by atoms with Gasteiger partial charge in [-0.25, -0.2) is 8.78 Å². The number of rotatable bonds is 5. The standard InChI is InChI=1S/C26H26F5N5O5/c1-34(21(37)14-4-5-35(11-14)24(40)26(29,30)31)18(6-13-2-3-13)22(38)36-12-25(9-16(36)10-32)23(39)33-20-17(28)7-15(27)8-19(20)41-25/h7-8,13-14,16,18H,2-6,9,11-12H2,1H3,(H,33,39)/t14-,16-,18-,25+/m0/s1. The summed E-state index contributed by atoms with van der Waals surface area (Å²) in [5.41, 5.74) is -2.19. The Bertz CT molecular complexity index is 1340. The number of nitrogens with zero attached hydrogens (tertiary/aromatic N) is 4. The van der Waals surface area contributed by atoms with Gasteiger partial charge in [-0.05, 0) is 18.8 Å². The molecule has 1 saturated carbocycles. The molecule has 0 unspecified atom stereocenters. The Kier molecular flexibility index (Phi) is 7.07. The summed E-state index contributed by atoms with van der Waals surface area (Å²) in [6.45, 7) is -1.14. The van der Waals surface area contributed by atoms with Gasteiger partial charge < -0.3 is 24.8 Å². The van der Waals surface area contributed by atoms with E-state index in [2.05, 4.69) is 5.32 Å². The number of hydrogen-bond acceptors (Lipinski definition) is 6. The fraction of sp³-hybridized carbons (Fsp3) is 0.577. The molecule has 3 fully saturated rings. The van der Waals surface area contributed by atoms with Crippen molar-refractivity contribution in [3.8, 4) is 11.8 Å². The van der Waals surface area contributed by atoms with Gasteiger partial charge in [0.2, 0.25) is 17.4 Å². The number of alkyl halides is 3. The van der Waals surface area contributed by atoms with E-state index in [1.165, 1.54) is 7.05 Å². The van der Waals surface area contributed by atoms with Crippen molar-refractivity contribution in [1.82, 2.24) is 14.7 Å². The van der Waals surface area contributed by atoms with Crippen LogP contribution in [-0.4, -0.2) is 88.9 Å². The third-order valence-electron chi connectivity index (χ3n) is 8.15. The second kappa shape index (κ2) is 10.1. The predicted molar refractivity (Wildman–Crippen MR) is 129 cm³/mol. The van der Waals surface area contributed by atoms with Crippen LogP contribution >= 0.6 is 0 Å². The average Bonchev–Trinajstić information content (AvgIpc) is 3.46. The molecule has 5 rings (SSSR count). The highest BCUT2D eigenvalue weighted by molar-refractivity contribution is 6.02. The number of anilines is 1. The third kappa shape index (κ3) is 5.27. The van der Waals surface area contributed by atoms with E-state index >= 15 is 0 Å². The highest BCUT2D eigenvalue weighted by Gasteiger charge is 2.57. The normalized spacial score (nSPS) is 26.2. The van der Waals surface area contributed by atoms with E-state index < -0.39 is 78.1 Å². The van der Waals surface area contributed by atoms with Crippen molar-refractivity contribution in [3.63, 3.8) is 0 Å². The summed E-state index contributed by atoms with van der Waals surface area (Å²) in [5, 5.41) is 12.2. The first-order valence-corrected chi connectivity index (χ1v) is 13.1. The van der Waals surface area contributed by atoms with Gasteiger partial charge in [0.25, 0.3) is 5.91 Å². The van der Waals surface area contributed by atoms with Gasteiger partial charge >= 0.3 is 12.1 Å². The number of nitriles is 1. The largest absolute Gasteiger partial charge is 0.473 e. The van der Waals surface area contributed by atoms with Crippen molar-refractivity contribution in [1.29, 1.82) is 5.26 Å². The Labute approximate surface area is 231 Å². The minimum Gasteiger partial charge on any atom is -0.473 e. The van der Waals surface area contributed by atoms with E-state index in [-0.39, 0.29) is 43.2 Å². The lowest BCUT2D eigenvalue weighted by Gasteiger charge is -2.35. The third-order valence-corrected chi connectivity index (χ3v) is 8.15. The molecular weight excluding hydrogens is 557 g/mol. The van der Waals surface area contributed by atoms with Crippen molar-refractivity contribution in [2.45, 2.75) is 56.0 Å². The van der Waals surface area contributed by atoms with E-state index in [9.17, 15) is 46.4 Å². The number of halogens is 5. The molecule has 1 aromatic carbocycles. The van der Waals surface area contributed by atoms with Gasteiger partial charge in [0.05, 0.1) is 18.5 Å². The fourth-order valence-electron chi connectivity index (χ4n) is 5.75. The van der Waals surface area contributed by atoms with Crippen LogP contribution < -0.4 is 10.1 Å². The molecule has 4 amide bonds. The van der Waals surface area contributed by atoms with Crippen molar-refractivity contribution in [2.75, 3.05) is 32.0 Å². The number of likely N-dealkylation sites (N-methyl/N-ethyl adjacent to an activating group) is 1. The van der Waals surface area contributed by atoms with E-state index in [0.717, 1.165) is 28.7 Å².